The maximum Gasteiger partial charge on any atom is 0.293 e. The lowest BCUT2D eigenvalue weighted by Crippen LogP contribution is -2.35. The largest absolute Gasteiger partial charge is 0.333 e. The average molecular weight is 385 g/mol. The van der Waals surface area contributed by atoms with Crippen molar-refractivity contribution in [2.24, 2.45) is 11.7 Å². The van der Waals surface area contributed by atoms with E-state index >= 15 is 0 Å². The van der Waals surface area contributed by atoms with Gasteiger partial charge in [-0.25, -0.2) is 14.1 Å². The van der Waals surface area contributed by atoms with E-state index in [9.17, 15) is 9.18 Å². The molecule has 1 aromatic carbocycles. The molecule has 0 saturated carbocycles. The molecule has 2 atom stereocenters. The van der Waals surface area contributed by atoms with E-state index in [1.54, 1.807) is 17.0 Å². The highest BCUT2D eigenvalue weighted by Crippen LogP contribution is 2.28. The molecule has 0 aliphatic carbocycles. The molecule has 1 aliphatic heterocycles. The Balaban J connectivity index is 1.75. The van der Waals surface area contributed by atoms with Gasteiger partial charge in [0.2, 0.25) is 5.82 Å². The fourth-order valence-corrected chi connectivity index (χ4v) is 4.18. The van der Waals surface area contributed by atoms with Crippen molar-refractivity contribution in [3.63, 3.8) is 0 Å². The molecule has 140 valence electrons. The molecular formula is C19H20FN5OS. The Bertz CT molecular complexity index is 955. The van der Waals surface area contributed by atoms with Crippen LogP contribution in [0, 0.1) is 11.7 Å². The van der Waals surface area contributed by atoms with E-state index in [1.807, 2.05) is 24.4 Å². The van der Waals surface area contributed by atoms with Crippen LogP contribution in [0.3, 0.4) is 0 Å². The molecule has 0 radical (unpaired) electrons. The molecule has 8 heteroatoms. The smallest absolute Gasteiger partial charge is 0.293 e. The summed E-state index contributed by atoms with van der Waals surface area (Å²) in [4.78, 5) is 20.2. The lowest BCUT2D eigenvalue weighted by Gasteiger charge is -2.19. The van der Waals surface area contributed by atoms with Crippen molar-refractivity contribution in [1.29, 1.82) is 0 Å². The minimum Gasteiger partial charge on any atom is -0.333 e. The Labute approximate surface area is 160 Å². The second kappa shape index (κ2) is 7.21. The lowest BCUT2D eigenvalue weighted by atomic mass is 10.1. The molecule has 1 fully saturated rings. The second-order valence-electron chi connectivity index (χ2n) is 6.77. The number of thiophene rings is 1. The maximum absolute atomic E-state index is 13.7. The fourth-order valence-electron chi connectivity index (χ4n) is 3.48. The van der Waals surface area contributed by atoms with Crippen molar-refractivity contribution in [3.05, 3.63) is 53.4 Å². The lowest BCUT2D eigenvalue weighted by molar-refractivity contribution is 0.0731. The van der Waals surface area contributed by atoms with Crippen LogP contribution in [0.2, 0.25) is 0 Å². The Kier molecular flexibility index (Phi) is 4.75. The predicted molar refractivity (Wildman–Crippen MR) is 102 cm³/mol. The maximum atomic E-state index is 13.7. The van der Waals surface area contributed by atoms with Gasteiger partial charge in [0.25, 0.3) is 5.91 Å². The minimum absolute atomic E-state index is 0.0948. The third-order valence-electron chi connectivity index (χ3n) is 4.85. The molecule has 4 rings (SSSR count). The molecule has 0 spiro atoms. The number of amides is 1. The zero-order chi connectivity index (χ0) is 19.0. The summed E-state index contributed by atoms with van der Waals surface area (Å²) >= 11 is 1.49. The van der Waals surface area contributed by atoms with Crippen molar-refractivity contribution in [1.82, 2.24) is 19.7 Å². The number of hydrogen-bond acceptors (Lipinski definition) is 5. The first-order chi connectivity index (χ1) is 13.1. The second-order valence-corrected chi connectivity index (χ2v) is 7.72. The summed E-state index contributed by atoms with van der Waals surface area (Å²) in [7, 11) is 0. The molecule has 0 bridgehead atoms. The molecule has 6 nitrogen and oxygen atoms in total. The summed E-state index contributed by atoms with van der Waals surface area (Å²) in [6.45, 7) is 3.18. The Morgan fingerprint density at radius 3 is 2.89 bits per heavy atom. The van der Waals surface area contributed by atoms with Gasteiger partial charge in [0.1, 0.15) is 5.82 Å². The van der Waals surface area contributed by atoms with Crippen LogP contribution in [-0.2, 0) is 0 Å². The van der Waals surface area contributed by atoms with Crippen molar-refractivity contribution >= 4 is 17.2 Å². The van der Waals surface area contributed by atoms with E-state index in [4.69, 9.17) is 5.73 Å². The number of carbonyl (C=O) groups is 1. The van der Waals surface area contributed by atoms with Crippen LogP contribution >= 0.6 is 11.3 Å². The minimum atomic E-state index is -0.369. The monoisotopic (exact) mass is 385 g/mol. The van der Waals surface area contributed by atoms with Crippen LogP contribution in [0.15, 0.2) is 41.8 Å². The molecule has 1 saturated heterocycles. The Hall–Kier alpha value is -2.58. The molecular weight excluding hydrogens is 365 g/mol. The summed E-state index contributed by atoms with van der Waals surface area (Å²) in [6.07, 6.45) is 0.880. The van der Waals surface area contributed by atoms with Crippen LogP contribution in [0.4, 0.5) is 4.39 Å². The molecule has 2 N–H and O–H groups in total. The number of halogens is 1. The van der Waals surface area contributed by atoms with Gasteiger partial charge < -0.3 is 10.6 Å². The topological polar surface area (TPSA) is 77.0 Å². The highest BCUT2D eigenvalue weighted by molar-refractivity contribution is 7.13. The zero-order valence-corrected chi connectivity index (χ0v) is 15.7. The number of nitrogens with two attached hydrogens (primary N) is 1. The standard InChI is InChI=1S/C19H20FN5OS/c1-12-8-13(10-21)11-24(12)19(26)17-22-18(16-6-3-7-27-16)25(23-17)15-5-2-4-14(20)9-15/h2-7,9,12-13H,8,10-11,21H2,1H3. The van der Waals surface area contributed by atoms with Gasteiger partial charge in [-0.05, 0) is 55.5 Å². The molecule has 2 aromatic heterocycles. The summed E-state index contributed by atoms with van der Waals surface area (Å²) in [6, 6.07) is 10.0. The highest BCUT2D eigenvalue weighted by Gasteiger charge is 2.34. The number of rotatable bonds is 4. The highest BCUT2D eigenvalue weighted by atomic mass is 32.1. The quantitative estimate of drug-likeness (QED) is 0.749. The van der Waals surface area contributed by atoms with Gasteiger partial charge in [-0.15, -0.1) is 16.4 Å². The molecule has 3 aromatic rings. The van der Waals surface area contributed by atoms with E-state index < -0.39 is 0 Å². The number of nitrogens with zero attached hydrogens (tertiary/aromatic N) is 4. The van der Waals surface area contributed by atoms with Gasteiger partial charge in [0.05, 0.1) is 10.6 Å². The van der Waals surface area contributed by atoms with Gasteiger partial charge in [-0.1, -0.05) is 12.1 Å². The number of benzene rings is 1. The Morgan fingerprint density at radius 1 is 1.37 bits per heavy atom. The van der Waals surface area contributed by atoms with Crippen molar-refractivity contribution in [3.8, 4) is 16.4 Å². The first-order valence-electron chi connectivity index (χ1n) is 8.84. The molecule has 27 heavy (non-hydrogen) atoms. The van der Waals surface area contributed by atoms with E-state index in [-0.39, 0.29) is 23.6 Å². The van der Waals surface area contributed by atoms with Crippen LogP contribution in [0.25, 0.3) is 16.4 Å². The van der Waals surface area contributed by atoms with E-state index in [1.165, 1.54) is 28.2 Å². The zero-order valence-electron chi connectivity index (χ0n) is 14.9. The number of hydrogen-bond donors (Lipinski definition) is 1. The first kappa shape index (κ1) is 17.8. The van der Waals surface area contributed by atoms with Crippen LogP contribution < -0.4 is 5.73 Å². The summed E-state index contributed by atoms with van der Waals surface area (Å²) in [5.74, 6) is 0.359. The molecule has 1 aliphatic rings. The van der Waals surface area contributed by atoms with E-state index in [0.717, 1.165) is 11.3 Å². The van der Waals surface area contributed by atoms with Gasteiger partial charge in [0.15, 0.2) is 5.82 Å². The normalized spacial score (nSPS) is 19.6. The van der Waals surface area contributed by atoms with E-state index in [2.05, 4.69) is 10.1 Å². The third kappa shape index (κ3) is 3.38. The molecule has 2 unspecified atom stereocenters. The van der Waals surface area contributed by atoms with Crippen molar-refractivity contribution < 1.29 is 9.18 Å². The fraction of sp³-hybridized carbons (Fsp3) is 0.316. The van der Waals surface area contributed by atoms with Gasteiger partial charge in [-0.3, -0.25) is 4.79 Å². The summed E-state index contributed by atoms with van der Waals surface area (Å²) in [5.41, 5.74) is 6.30. The van der Waals surface area contributed by atoms with E-state index in [0.29, 0.717) is 30.5 Å². The van der Waals surface area contributed by atoms with Gasteiger partial charge >= 0.3 is 0 Å². The van der Waals surface area contributed by atoms with Crippen LogP contribution in [0.5, 0.6) is 0 Å². The van der Waals surface area contributed by atoms with Crippen LogP contribution in [0.1, 0.15) is 24.0 Å². The summed E-state index contributed by atoms with van der Waals surface area (Å²) in [5, 5.41) is 6.36. The van der Waals surface area contributed by atoms with Crippen molar-refractivity contribution in [2.45, 2.75) is 19.4 Å². The van der Waals surface area contributed by atoms with Crippen LogP contribution in [-0.4, -0.2) is 44.7 Å². The number of likely N-dealkylation sites (tertiary alicyclic amines) is 1. The Morgan fingerprint density at radius 2 is 2.22 bits per heavy atom. The van der Waals surface area contributed by atoms with Gasteiger partial charge in [0, 0.05) is 12.6 Å². The summed E-state index contributed by atoms with van der Waals surface area (Å²) < 4.78 is 15.3. The third-order valence-corrected chi connectivity index (χ3v) is 5.71. The number of aromatic nitrogens is 3. The van der Waals surface area contributed by atoms with Gasteiger partial charge in [-0.2, -0.15) is 0 Å². The molecule has 1 amide bonds. The predicted octanol–water partition coefficient (Wildman–Crippen LogP) is 2.94. The number of carbonyl (C=O) groups excluding carboxylic acids is 1. The average Bonchev–Trinajstić information content (AvgIpc) is 3.40. The molecule has 3 heterocycles. The first-order valence-corrected chi connectivity index (χ1v) is 9.72. The SMILES string of the molecule is CC1CC(CN)CN1C(=O)c1nc(-c2cccs2)n(-c2cccc(F)c2)n1. The van der Waals surface area contributed by atoms with Crippen molar-refractivity contribution in [2.75, 3.05) is 13.1 Å².